The van der Waals surface area contributed by atoms with E-state index >= 15 is 0 Å². The SMILES string of the molecule is O=C(N[C@H]1C[C@@H](Nc2cc(C(F)(F)F)nc3ccc(Cl)cc23)CN(C(=O)C(F)F)C1)c1cn(C[C@H](O)C(F)F)nc1Cl. The lowest BCUT2D eigenvalue weighted by atomic mass is 9.99. The lowest BCUT2D eigenvalue weighted by Gasteiger charge is -2.38. The van der Waals surface area contributed by atoms with Gasteiger partial charge >= 0.3 is 12.6 Å². The van der Waals surface area contributed by atoms with Crippen LogP contribution in [0.4, 0.5) is 36.4 Å². The van der Waals surface area contributed by atoms with E-state index in [0.717, 1.165) is 21.8 Å². The molecule has 4 rings (SSSR count). The smallest absolute Gasteiger partial charge is 0.385 e. The number of hydrogen-bond acceptors (Lipinski definition) is 6. The average Bonchev–Trinajstić information content (AvgIpc) is 3.27. The van der Waals surface area contributed by atoms with Gasteiger partial charge in [0.1, 0.15) is 11.8 Å². The average molecular weight is 645 g/mol. The molecule has 1 fully saturated rings. The van der Waals surface area contributed by atoms with Crippen LogP contribution >= 0.6 is 23.2 Å². The quantitative estimate of drug-likeness (QED) is 0.312. The number of halogens is 9. The molecule has 3 aromatic rings. The number of rotatable bonds is 8. The van der Waals surface area contributed by atoms with Crippen LogP contribution in [-0.4, -0.2) is 80.7 Å². The Labute approximate surface area is 242 Å². The number of pyridine rings is 1. The van der Waals surface area contributed by atoms with Crippen LogP contribution in [0.3, 0.4) is 0 Å². The number of aliphatic hydroxyl groups is 1. The summed E-state index contributed by atoms with van der Waals surface area (Å²) in [4.78, 5) is 29.5. The minimum atomic E-state index is -4.82. The van der Waals surface area contributed by atoms with Gasteiger partial charge in [0.15, 0.2) is 5.15 Å². The number of aromatic nitrogens is 3. The number of hydrogen-bond donors (Lipinski definition) is 3. The van der Waals surface area contributed by atoms with Crippen LogP contribution < -0.4 is 10.6 Å². The minimum absolute atomic E-state index is 0.0413. The number of fused-ring (bicyclic) bond motifs is 1. The molecule has 2 amide bonds. The van der Waals surface area contributed by atoms with Crippen molar-refractivity contribution < 1.29 is 45.4 Å². The van der Waals surface area contributed by atoms with Crippen LogP contribution in [-0.2, 0) is 17.5 Å². The van der Waals surface area contributed by atoms with E-state index in [2.05, 4.69) is 20.7 Å². The van der Waals surface area contributed by atoms with Crippen molar-refractivity contribution in [1.29, 1.82) is 0 Å². The first-order valence-electron chi connectivity index (χ1n) is 12.1. The number of carbonyl (C=O) groups excluding carboxylic acids is 2. The monoisotopic (exact) mass is 644 g/mol. The molecule has 0 aliphatic carbocycles. The van der Waals surface area contributed by atoms with Crippen molar-refractivity contribution in [1.82, 2.24) is 25.0 Å². The van der Waals surface area contributed by atoms with Crippen molar-refractivity contribution in [3.05, 3.63) is 51.9 Å². The number of amides is 2. The maximum absolute atomic E-state index is 13.6. The van der Waals surface area contributed by atoms with E-state index in [9.17, 15) is 45.4 Å². The van der Waals surface area contributed by atoms with Gasteiger partial charge in [-0.3, -0.25) is 14.3 Å². The van der Waals surface area contributed by atoms with Crippen molar-refractivity contribution in [2.75, 3.05) is 18.4 Å². The van der Waals surface area contributed by atoms with Gasteiger partial charge < -0.3 is 20.6 Å². The lowest BCUT2D eigenvalue weighted by molar-refractivity contribution is -0.144. The summed E-state index contributed by atoms with van der Waals surface area (Å²) in [5.74, 6) is -2.46. The molecule has 1 saturated heterocycles. The van der Waals surface area contributed by atoms with Gasteiger partial charge in [-0.15, -0.1) is 0 Å². The zero-order valence-electron chi connectivity index (χ0n) is 21.1. The Morgan fingerprint density at radius 1 is 1.10 bits per heavy atom. The zero-order valence-corrected chi connectivity index (χ0v) is 22.6. The molecule has 3 N–H and O–H groups in total. The standard InChI is InChI=1S/C24H21Cl2F7N6O3/c25-10-1-2-15-13(3-10)16(5-18(36-15)24(31,32)33)34-11-4-12(7-38(6-11)23(42)21(29)30)35-22(41)14-8-39(37-19(14)26)9-17(40)20(27)28/h1-3,5,8,11-12,17,20-21,40H,4,6-7,9H2,(H,34,36)(H,35,41)/t11-,12+,17+/m1/s1. The first kappa shape index (κ1) is 31.6. The van der Waals surface area contributed by atoms with E-state index in [0.29, 0.717) is 0 Å². The van der Waals surface area contributed by atoms with E-state index < -0.39 is 66.4 Å². The molecule has 3 atom stereocenters. The maximum Gasteiger partial charge on any atom is 0.433 e. The molecule has 0 unspecified atom stereocenters. The summed E-state index contributed by atoms with van der Waals surface area (Å²) in [6, 6.07) is 2.77. The zero-order chi connectivity index (χ0) is 30.9. The van der Waals surface area contributed by atoms with Gasteiger partial charge in [0.25, 0.3) is 18.2 Å². The number of piperidine rings is 1. The molecule has 3 heterocycles. The molecule has 1 aliphatic heterocycles. The largest absolute Gasteiger partial charge is 0.433 e. The highest BCUT2D eigenvalue weighted by Gasteiger charge is 2.37. The summed E-state index contributed by atoms with van der Waals surface area (Å²) in [6.07, 6.45) is -12.4. The molecule has 0 radical (unpaired) electrons. The van der Waals surface area contributed by atoms with Crippen LogP contribution in [0.2, 0.25) is 10.2 Å². The number of alkyl halides is 7. The minimum Gasteiger partial charge on any atom is -0.385 e. The fraction of sp³-hybridized carbons (Fsp3) is 0.417. The number of aliphatic hydroxyl groups excluding tert-OH is 1. The van der Waals surface area contributed by atoms with Crippen LogP contribution in [0.5, 0.6) is 0 Å². The van der Waals surface area contributed by atoms with E-state index in [1.165, 1.54) is 18.2 Å². The summed E-state index contributed by atoms with van der Waals surface area (Å²) in [7, 11) is 0. The highest BCUT2D eigenvalue weighted by atomic mass is 35.5. The summed E-state index contributed by atoms with van der Waals surface area (Å²) < 4.78 is 93.5. The second-order valence-electron chi connectivity index (χ2n) is 9.46. The third kappa shape index (κ3) is 7.33. The highest BCUT2D eigenvalue weighted by Crippen LogP contribution is 2.35. The number of nitrogens with one attached hydrogen (secondary N) is 2. The van der Waals surface area contributed by atoms with Crippen LogP contribution in [0, 0.1) is 0 Å². The summed E-state index contributed by atoms with van der Waals surface area (Å²) in [6.45, 7) is -1.40. The molecular weight excluding hydrogens is 624 g/mol. The van der Waals surface area contributed by atoms with E-state index in [1.807, 2.05) is 0 Å². The first-order chi connectivity index (χ1) is 19.6. The van der Waals surface area contributed by atoms with Gasteiger partial charge in [-0.2, -0.15) is 27.1 Å². The summed E-state index contributed by atoms with van der Waals surface area (Å²) >= 11 is 12.0. The second-order valence-corrected chi connectivity index (χ2v) is 10.3. The van der Waals surface area contributed by atoms with Gasteiger partial charge in [0, 0.05) is 47.5 Å². The number of anilines is 1. The Morgan fingerprint density at radius 3 is 2.43 bits per heavy atom. The van der Waals surface area contributed by atoms with Gasteiger partial charge in [0.2, 0.25) is 0 Å². The number of benzene rings is 1. The Morgan fingerprint density at radius 2 is 1.79 bits per heavy atom. The maximum atomic E-state index is 13.6. The van der Waals surface area contributed by atoms with Gasteiger partial charge in [-0.25, -0.2) is 13.8 Å². The van der Waals surface area contributed by atoms with Crippen molar-refractivity contribution in [2.24, 2.45) is 0 Å². The van der Waals surface area contributed by atoms with Crippen molar-refractivity contribution in [3.63, 3.8) is 0 Å². The molecule has 42 heavy (non-hydrogen) atoms. The van der Waals surface area contributed by atoms with E-state index in [1.54, 1.807) is 0 Å². The number of likely N-dealkylation sites (tertiary alicyclic amines) is 1. The first-order valence-corrected chi connectivity index (χ1v) is 12.9. The van der Waals surface area contributed by atoms with Crippen molar-refractivity contribution >= 4 is 51.6 Å². The number of nitrogens with zero attached hydrogens (tertiary/aromatic N) is 4. The van der Waals surface area contributed by atoms with E-state index in [4.69, 9.17) is 23.2 Å². The normalized spacial score (nSPS) is 18.5. The third-order valence-electron chi connectivity index (χ3n) is 6.33. The van der Waals surface area contributed by atoms with Gasteiger partial charge in [0.05, 0.1) is 17.6 Å². The van der Waals surface area contributed by atoms with Gasteiger partial charge in [-0.1, -0.05) is 23.2 Å². The van der Waals surface area contributed by atoms with Crippen LogP contribution in [0.1, 0.15) is 22.5 Å². The predicted molar refractivity (Wildman–Crippen MR) is 137 cm³/mol. The third-order valence-corrected chi connectivity index (χ3v) is 6.85. The molecule has 0 saturated carbocycles. The van der Waals surface area contributed by atoms with Gasteiger partial charge in [-0.05, 0) is 30.7 Å². The number of carbonyl (C=O) groups is 2. The van der Waals surface area contributed by atoms with E-state index in [-0.39, 0.29) is 46.7 Å². The molecule has 0 bridgehead atoms. The second kappa shape index (κ2) is 12.5. The Kier molecular flexibility index (Phi) is 9.37. The Balaban J connectivity index is 1.60. The molecule has 228 valence electrons. The van der Waals surface area contributed by atoms with Crippen molar-refractivity contribution in [3.8, 4) is 0 Å². The molecular formula is C24H21Cl2F7N6O3. The Hall–Kier alpha value is -3.37. The molecule has 0 spiro atoms. The summed E-state index contributed by atoms with van der Waals surface area (Å²) in [5.41, 5.74) is -1.66. The van der Waals surface area contributed by atoms with Crippen LogP contribution in [0.15, 0.2) is 30.5 Å². The molecule has 1 aromatic carbocycles. The molecule has 9 nitrogen and oxygen atoms in total. The topological polar surface area (TPSA) is 112 Å². The molecule has 18 heteroatoms. The predicted octanol–water partition coefficient (Wildman–Crippen LogP) is 4.46. The molecule has 2 aromatic heterocycles. The fourth-order valence-electron chi connectivity index (χ4n) is 4.49. The van der Waals surface area contributed by atoms with Crippen LogP contribution in [0.25, 0.3) is 10.9 Å². The highest BCUT2D eigenvalue weighted by molar-refractivity contribution is 6.32. The lowest BCUT2D eigenvalue weighted by Crippen LogP contribution is -2.57. The Bertz CT molecular complexity index is 1470. The van der Waals surface area contributed by atoms with Crippen molar-refractivity contribution in [2.45, 2.75) is 50.2 Å². The fourth-order valence-corrected chi connectivity index (χ4v) is 4.89. The summed E-state index contributed by atoms with van der Waals surface area (Å²) in [5, 5.41) is 18.4. The molecule has 1 aliphatic rings.